The van der Waals surface area contributed by atoms with Crippen LogP contribution in [-0.4, -0.2) is 73.7 Å². The molecule has 0 radical (unpaired) electrons. The molecule has 6 nitrogen and oxygen atoms in total. The van der Waals surface area contributed by atoms with E-state index in [4.69, 9.17) is 0 Å². The van der Waals surface area contributed by atoms with E-state index in [0.29, 0.717) is 37.0 Å². The van der Waals surface area contributed by atoms with Gasteiger partial charge in [0.15, 0.2) is 0 Å². The molecule has 1 aromatic carbocycles. The fourth-order valence-corrected chi connectivity index (χ4v) is 6.47. The predicted octanol–water partition coefficient (Wildman–Crippen LogP) is 2.52. The highest BCUT2D eigenvalue weighted by Crippen LogP contribution is 2.26. The zero-order chi connectivity index (χ0) is 21.3. The second-order valence-corrected chi connectivity index (χ2v) is 11.2. The van der Waals surface area contributed by atoms with Crippen molar-refractivity contribution in [3.63, 3.8) is 0 Å². The molecule has 1 aromatic rings. The first kappa shape index (κ1) is 21.8. The zero-order valence-corrected chi connectivity index (χ0v) is 19.2. The molecule has 4 rings (SSSR count). The Morgan fingerprint density at radius 3 is 2.27 bits per heavy atom. The van der Waals surface area contributed by atoms with Crippen molar-refractivity contribution >= 4 is 15.9 Å². The Hall–Kier alpha value is -1.44. The lowest BCUT2D eigenvalue weighted by atomic mass is 9.92. The number of amides is 1. The minimum absolute atomic E-state index is 0.188. The van der Waals surface area contributed by atoms with E-state index in [2.05, 4.69) is 11.8 Å². The summed E-state index contributed by atoms with van der Waals surface area (Å²) in [6.07, 6.45) is 6.50. The van der Waals surface area contributed by atoms with Crippen LogP contribution in [0.15, 0.2) is 23.1 Å². The fourth-order valence-electron chi connectivity index (χ4n) is 5.00. The zero-order valence-electron chi connectivity index (χ0n) is 18.3. The lowest BCUT2D eigenvalue weighted by Gasteiger charge is -2.39. The normalized spacial score (nSPS) is 23.2. The van der Waals surface area contributed by atoms with Crippen LogP contribution in [0.4, 0.5) is 0 Å². The molecule has 2 saturated heterocycles. The molecule has 0 aromatic heterocycles. The van der Waals surface area contributed by atoms with Gasteiger partial charge in [-0.2, -0.15) is 4.31 Å². The van der Waals surface area contributed by atoms with Gasteiger partial charge in [0.1, 0.15) is 0 Å². The van der Waals surface area contributed by atoms with Gasteiger partial charge in [0.25, 0.3) is 0 Å². The lowest BCUT2D eigenvalue weighted by molar-refractivity contribution is -0.138. The van der Waals surface area contributed by atoms with Crippen LogP contribution in [0, 0.1) is 5.92 Å². The summed E-state index contributed by atoms with van der Waals surface area (Å²) in [7, 11) is -3.48. The molecule has 3 aliphatic rings. The van der Waals surface area contributed by atoms with Crippen molar-refractivity contribution in [2.75, 3.05) is 39.3 Å². The number of carbonyl (C=O) groups is 1. The smallest absolute Gasteiger partial charge is 0.243 e. The number of likely N-dealkylation sites (tertiary alicyclic amines) is 1. The molecular weight excluding hydrogens is 398 g/mol. The molecule has 166 valence electrons. The van der Waals surface area contributed by atoms with E-state index in [1.54, 1.807) is 10.4 Å². The van der Waals surface area contributed by atoms with Gasteiger partial charge < -0.3 is 4.90 Å². The fraction of sp³-hybridized carbons (Fsp3) is 0.696. The maximum atomic E-state index is 13.2. The molecule has 2 heterocycles. The quantitative estimate of drug-likeness (QED) is 0.732. The van der Waals surface area contributed by atoms with Gasteiger partial charge in [0, 0.05) is 39.3 Å². The number of hydrogen-bond acceptors (Lipinski definition) is 4. The molecule has 1 aliphatic carbocycles. The minimum Gasteiger partial charge on any atom is -0.341 e. The molecule has 1 atom stereocenters. The average molecular weight is 434 g/mol. The average Bonchev–Trinajstić information content (AvgIpc) is 2.78. The monoisotopic (exact) mass is 433 g/mol. The van der Waals surface area contributed by atoms with E-state index in [0.717, 1.165) is 45.2 Å². The van der Waals surface area contributed by atoms with Gasteiger partial charge in [-0.15, -0.1) is 0 Å². The van der Waals surface area contributed by atoms with Gasteiger partial charge in [0.2, 0.25) is 15.9 Å². The summed E-state index contributed by atoms with van der Waals surface area (Å²) in [4.78, 5) is 17.4. The number of nitrogens with zero attached hydrogens (tertiary/aromatic N) is 3. The van der Waals surface area contributed by atoms with Crippen molar-refractivity contribution in [2.24, 2.45) is 5.92 Å². The SMILES string of the molecule is CC1CCN(C(=O)C(C)N2CCN(S(=O)(=O)c3ccc4c(c3)CCCC4)CC2)CC1. The molecule has 7 heteroatoms. The number of carbonyl (C=O) groups excluding carboxylic acids is 1. The Balaban J connectivity index is 1.37. The maximum Gasteiger partial charge on any atom is 0.243 e. The van der Waals surface area contributed by atoms with Crippen LogP contribution >= 0.6 is 0 Å². The Labute approximate surface area is 181 Å². The van der Waals surface area contributed by atoms with Crippen molar-refractivity contribution in [3.8, 4) is 0 Å². The molecule has 0 spiro atoms. The first-order valence-corrected chi connectivity index (χ1v) is 12.9. The van der Waals surface area contributed by atoms with E-state index in [-0.39, 0.29) is 11.9 Å². The summed E-state index contributed by atoms with van der Waals surface area (Å²) in [6.45, 7) is 7.97. The Morgan fingerprint density at radius 2 is 1.60 bits per heavy atom. The van der Waals surface area contributed by atoms with E-state index in [1.807, 2.05) is 24.0 Å². The molecule has 1 amide bonds. The number of hydrogen-bond donors (Lipinski definition) is 0. The van der Waals surface area contributed by atoms with Crippen LogP contribution in [0.25, 0.3) is 0 Å². The Bertz CT molecular complexity index is 870. The van der Waals surface area contributed by atoms with Gasteiger partial charge >= 0.3 is 0 Å². The highest BCUT2D eigenvalue weighted by atomic mass is 32.2. The number of sulfonamides is 1. The van der Waals surface area contributed by atoms with Crippen LogP contribution in [0.2, 0.25) is 0 Å². The molecule has 0 saturated carbocycles. The summed E-state index contributed by atoms with van der Waals surface area (Å²) < 4.78 is 28.0. The van der Waals surface area contributed by atoms with Crippen molar-refractivity contribution in [1.82, 2.24) is 14.1 Å². The van der Waals surface area contributed by atoms with Gasteiger partial charge in [0.05, 0.1) is 10.9 Å². The molecule has 0 bridgehead atoms. The highest BCUT2D eigenvalue weighted by molar-refractivity contribution is 7.89. The molecule has 2 fully saturated rings. The first-order chi connectivity index (χ1) is 14.4. The van der Waals surface area contributed by atoms with Gasteiger partial charge in [-0.25, -0.2) is 8.42 Å². The van der Waals surface area contributed by atoms with Crippen LogP contribution in [0.5, 0.6) is 0 Å². The largest absolute Gasteiger partial charge is 0.341 e. The number of fused-ring (bicyclic) bond motifs is 1. The lowest BCUT2D eigenvalue weighted by Crippen LogP contribution is -2.56. The maximum absolute atomic E-state index is 13.2. The number of piperidine rings is 1. The third kappa shape index (κ3) is 4.43. The first-order valence-electron chi connectivity index (χ1n) is 11.5. The van der Waals surface area contributed by atoms with Crippen molar-refractivity contribution in [1.29, 1.82) is 0 Å². The van der Waals surface area contributed by atoms with Crippen molar-refractivity contribution in [3.05, 3.63) is 29.3 Å². The minimum atomic E-state index is -3.48. The van der Waals surface area contributed by atoms with E-state index in [1.165, 1.54) is 17.5 Å². The second kappa shape index (κ2) is 8.97. The third-order valence-corrected chi connectivity index (χ3v) is 9.13. The van der Waals surface area contributed by atoms with Gasteiger partial charge in [-0.3, -0.25) is 9.69 Å². The van der Waals surface area contributed by atoms with Gasteiger partial charge in [-0.1, -0.05) is 13.0 Å². The Kier molecular flexibility index (Phi) is 6.51. The van der Waals surface area contributed by atoms with Crippen molar-refractivity contribution in [2.45, 2.75) is 63.3 Å². The summed E-state index contributed by atoms with van der Waals surface area (Å²) in [5.74, 6) is 0.884. The molecular formula is C23H35N3O3S. The molecule has 1 unspecified atom stereocenters. The van der Waals surface area contributed by atoms with Crippen LogP contribution in [0.3, 0.4) is 0 Å². The van der Waals surface area contributed by atoms with Gasteiger partial charge in [-0.05, 0) is 74.6 Å². The summed E-state index contributed by atoms with van der Waals surface area (Å²) in [5.41, 5.74) is 2.49. The van der Waals surface area contributed by atoms with E-state index in [9.17, 15) is 13.2 Å². The summed E-state index contributed by atoms with van der Waals surface area (Å²) in [6, 6.07) is 5.47. The number of rotatable bonds is 4. The summed E-state index contributed by atoms with van der Waals surface area (Å²) >= 11 is 0. The third-order valence-electron chi connectivity index (χ3n) is 7.23. The van der Waals surface area contributed by atoms with Crippen molar-refractivity contribution < 1.29 is 13.2 Å². The number of benzene rings is 1. The van der Waals surface area contributed by atoms with Crippen LogP contribution in [0.1, 0.15) is 50.7 Å². The highest BCUT2D eigenvalue weighted by Gasteiger charge is 2.34. The molecule has 2 aliphatic heterocycles. The van der Waals surface area contributed by atoms with E-state index < -0.39 is 10.0 Å². The summed E-state index contributed by atoms with van der Waals surface area (Å²) in [5, 5.41) is 0. The second-order valence-electron chi connectivity index (χ2n) is 9.26. The Morgan fingerprint density at radius 1 is 0.967 bits per heavy atom. The standard InChI is InChI=1S/C23H35N3O3S/c1-18-9-11-25(12-10-18)23(27)19(2)24-13-15-26(16-14-24)30(28,29)22-8-7-20-5-3-4-6-21(20)17-22/h7-8,17-19H,3-6,9-16H2,1-2H3. The topological polar surface area (TPSA) is 60.9 Å². The molecule has 0 N–H and O–H groups in total. The van der Waals surface area contributed by atoms with Crippen LogP contribution in [-0.2, 0) is 27.7 Å². The number of piperazine rings is 1. The molecule has 30 heavy (non-hydrogen) atoms. The number of aryl methyl sites for hydroxylation is 2. The van der Waals surface area contributed by atoms with Crippen LogP contribution < -0.4 is 0 Å². The predicted molar refractivity (Wildman–Crippen MR) is 118 cm³/mol. The van der Waals surface area contributed by atoms with E-state index >= 15 is 0 Å².